The molecule has 3 aromatic carbocycles. The van der Waals surface area contributed by atoms with Crippen LogP contribution in [0.5, 0.6) is 5.75 Å². The third-order valence-electron chi connectivity index (χ3n) is 7.98. The molecule has 5 heteroatoms. The van der Waals surface area contributed by atoms with Crippen molar-refractivity contribution < 1.29 is 4.74 Å². The number of likely N-dealkylation sites (tertiary alicyclic amines) is 1. The molecule has 38 heavy (non-hydrogen) atoms. The highest BCUT2D eigenvalue weighted by Crippen LogP contribution is 2.26. The Morgan fingerprint density at radius 2 is 1.66 bits per heavy atom. The molecule has 200 valence electrons. The Labute approximate surface area is 232 Å². The van der Waals surface area contributed by atoms with Gasteiger partial charge in [0.25, 0.3) is 0 Å². The van der Waals surface area contributed by atoms with Gasteiger partial charge in [-0.25, -0.2) is 4.98 Å². The van der Waals surface area contributed by atoms with Crippen molar-refractivity contribution in [2.75, 3.05) is 19.6 Å². The van der Waals surface area contributed by atoms with Crippen molar-refractivity contribution in [3.63, 3.8) is 0 Å². The number of aryl methyl sites for hydroxylation is 3. The first kappa shape index (κ1) is 26.8. The Balaban J connectivity index is 1.09. The Kier molecular flexibility index (Phi) is 9.37. The van der Waals surface area contributed by atoms with Gasteiger partial charge in [-0.2, -0.15) is 0 Å². The van der Waals surface area contributed by atoms with E-state index in [0.29, 0.717) is 11.6 Å². The van der Waals surface area contributed by atoms with Crippen LogP contribution >= 0.6 is 11.6 Å². The number of benzene rings is 3. The summed E-state index contributed by atoms with van der Waals surface area (Å²) in [6, 6.07) is 24.9. The fourth-order valence-corrected chi connectivity index (χ4v) is 5.85. The van der Waals surface area contributed by atoms with Crippen LogP contribution in [0.4, 0.5) is 0 Å². The summed E-state index contributed by atoms with van der Waals surface area (Å²) in [5, 5.41) is 0.717. The molecule has 1 aliphatic rings. The van der Waals surface area contributed by atoms with Crippen molar-refractivity contribution in [1.82, 2.24) is 14.5 Å². The lowest BCUT2D eigenvalue weighted by molar-refractivity contribution is 0.174. The van der Waals surface area contributed by atoms with Gasteiger partial charge in [-0.05, 0) is 119 Å². The first-order chi connectivity index (χ1) is 18.7. The summed E-state index contributed by atoms with van der Waals surface area (Å²) in [6.45, 7) is 7.33. The van der Waals surface area contributed by atoms with E-state index >= 15 is 0 Å². The number of imidazole rings is 1. The third kappa shape index (κ3) is 7.18. The highest BCUT2D eigenvalue weighted by molar-refractivity contribution is 6.30. The number of halogens is 1. The van der Waals surface area contributed by atoms with E-state index in [-0.39, 0.29) is 0 Å². The molecule has 0 unspecified atom stereocenters. The number of rotatable bonds is 12. The zero-order valence-electron chi connectivity index (χ0n) is 22.6. The molecule has 1 aliphatic heterocycles. The summed E-state index contributed by atoms with van der Waals surface area (Å²) in [6.07, 6.45) is 8.90. The average Bonchev–Trinajstić information content (AvgIpc) is 3.31. The van der Waals surface area contributed by atoms with Crippen LogP contribution < -0.4 is 4.74 Å². The number of hydrogen-bond acceptors (Lipinski definition) is 3. The van der Waals surface area contributed by atoms with E-state index in [1.807, 2.05) is 24.3 Å². The maximum atomic E-state index is 6.08. The number of ether oxygens (including phenoxy) is 1. The van der Waals surface area contributed by atoms with Crippen LogP contribution in [0.2, 0.25) is 5.02 Å². The number of piperidine rings is 1. The minimum absolute atomic E-state index is 0.457. The first-order valence-corrected chi connectivity index (χ1v) is 14.6. The molecule has 0 saturated carbocycles. The standard InChI is InChI=1S/C33H40ClN3O/c1-26-9-7-14-31-33(26)35-32(25-38-30-17-15-29(34)16-18-30)37(31)22-8-13-28-19-23-36(24-20-28)21-6-5-12-27-10-3-2-4-11-27/h2-4,7,9-11,14-18,28H,5-6,8,12-13,19-25H2,1H3. The number of nitrogens with zero attached hydrogens (tertiary/aromatic N) is 3. The Hall–Kier alpha value is -2.82. The summed E-state index contributed by atoms with van der Waals surface area (Å²) in [7, 11) is 0. The van der Waals surface area contributed by atoms with Gasteiger partial charge in [-0.3, -0.25) is 0 Å². The number of aromatic nitrogens is 2. The van der Waals surface area contributed by atoms with Gasteiger partial charge in [-0.15, -0.1) is 0 Å². The third-order valence-corrected chi connectivity index (χ3v) is 8.23. The van der Waals surface area contributed by atoms with Gasteiger partial charge < -0.3 is 14.2 Å². The van der Waals surface area contributed by atoms with Crippen LogP contribution in [0, 0.1) is 12.8 Å². The molecule has 0 radical (unpaired) electrons. The highest BCUT2D eigenvalue weighted by Gasteiger charge is 2.19. The molecule has 1 fully saturated rings. The van der Waals surface area contributed by atoms with Gasteiger partial charge in [0, 0.05) is 11.6 Å². The Bertz CT molecular complexity index is 1280. The van der Waals surface area contributed by atoms with Crippen molar-refractivity contribution in [3.05, 3.63) is 94.8 Å². The second kappa shape index (κ2) is 13.3. The highest BCUT2D eigenvalue weighted by atomic mass is 35.5. The quantitative estimate of drug-likeness (QED) is 0.174. The zero-order valence-corrected chi connectivity index (χ0v) is 23.4. The van der Waals surface area contributed by atoms with Crippen LogP contribution in [0.1, 0.15) is 55.5 Å². The maximum absolute atomic E-state index is 6.08. The molecule has 5 rings (SSSR count). The van der Waals surface area contributed by atoms with Crippen LogP contribution in [0.3, 0.4) is 0 Å². The monoisotopic (exact) mass is 529 g/mol. The van der Waals surface area contributed by atoms with Gasteiger partial charge >= 0.3 is 0 Å². The van der Waals surface area contributed by atoms with E-state index in [1.165, 1.54) is 81.2 Å². The molecule has 4 nitrogen and oxygen atoms in total. The molecule has 1 aromatic heterocycles. The van der Waals surface area contributed by atoms with Crippen molar-refractivity contribution >= 4 is 22.6 Å². The smallest absolute Gasteiger partial charge is 0.148 e. The second-order valence-corrected chi connectivity index (χ2v) is 11.2. The molecule has 4 aromatic rings. The van der Waals surface area contributed by atoms with Gasteiger partial charge in [0.2, 0.25) is 0 Å². The Morgan fingerprint density at radius 3 is 2.45 bits per heavy atom. The normalized spacial score (nSPS) is 14.8. The molecule has 0 N–H and O–H groups in total. The fraction of sp³-hybridized carbons (Fsp3) is 0.424. The lowest BCUT2D eigenvalue weighted by atomic mass is 9.92. The molecular weight excluding hydrogens is 490 g/mol. The van der Waals surface area contributed by atoms with E-state index in [0.717, 1.165) is 29.6 Å². The molecule has 2 heterocycles. The molecular formula is C33H40ClN3O. The van der Waals surface area contributed by atoms with E-state index in [1.54, 1.807) is 0 Å². The van der Waals surface area contributed by atoms with Crippen molar-refractivity contribution in [3.8, 4) is 5.75 Å². The molecule has 0 atom stereocenters. The van der Waals surface area contributed by atoms with Crippen LogP contribution in [0.15, 0.2) is 72.8 Å². The van der Waals surface area contributed by atoms with Gasteiger partial charge in [-0.1, -0.05) is 54.1 Å². The second-order valence-electron chi connectivity index (χ2n) is 10.7. The van der Waals surface area contributed by atoms with Gasteiger partial charge in [0.15, 0.2) is 0 Å². The number of para-hydroxylation sites is 1. The fourth-order valence-electron chi connectivity index (χ4n) is 5.72. The predicted molar refractivity (Wildman–Crippen MR) is 158 cm³/mol. The van der Waals surface area contributed by atoms with Crippen LogP contribution in [-0.2, 0) is 19.6 Å². The predicted octanol–water partition coefficient (Wildman–Crippen LogP) is 8.09. The van der Waals surface area contributed by atoms with Crippen molar-refractivity contribution in [2.45, 2.75) is 65.0 Å². The van der Waals surface area contributed by atoms with Crippen LogP contribution in [0.25, 0.3) is 11.0 Å². The van der Waals surface area contributed by atoms with Crippen molar-refractivity contribution in [1.29, 1.82) is 0 Å². The molecule has 0 aliphatic carbocycles. The summed E-state index contributed by atoms with van der Waals surface area (Å²) in [5.41, 5.74) is 4.98. The van der Waals surface area contributed by atoms with E-state index in [2.05, 4.69) is 64.9 Å². The number of unbranched alkanes of at least 4 members (excludes halogenated alkanes) is 1. The number of fused-ring (bicyclic) bond motifs is 1. The zero-order chi connectivity index (χ0) is 26.2. The lowest BCUT2D eigenvalue weighted by Crippen LogP contribution is -2.34. The molecule has 0 bridgehead atoms. The molecule has 0 amide bonds. The maximum Gasteiger partial charge on any atom is 0.148 e. The van der Waals surface area contributed by atoms with Gasteiger partial charge in [0.05, 0.1) is 11.0 Å². The largest absolute Gasteiger partial charge is 0.486 e. The summed E-state index contributed by atoms with van der Waals surface area (Å²) >= 11 is 6.03. The minimum atomic E-state index is 0.457. The topological polar surface area (TPSA) is 30.3 Å². The average molecular weight is 530 g/mol. The minimum Gasteiger partial charge on any atom is -0.486 e. The summed E-state index contributed by atoms with van der Waals surface area (Å²) < 4.78 is 8.46. The summed E-state index contributed by atoms with van der Waals surface area (Å²) in [5.74, 6) is 2.65. The van der Waals surface area contributed by atoms with E-state index < -0.39 is 0 Å². The van der Waals surface area contributed by atoms with Crippen molar-refractivity contribution in [2.24, 2.45) is 5.92 Å². The Morgan fingerprint density at radius 1 is 0.868 bits per heavy atom. The first-order valence-electron chi connectivity index (χ1n) is 14.2. The van der Waals surface area contributed by atoms with Gasteiger partial charge in [0.1, 0.15) is 18.2 Å². The number of hydrogen-bond donors (Lipinski definition) is 0. The lowest BCUT2D eigenvalue weighted by Gasteiger charge is -2.32. The van der Waals surface area contributed by atoms with E-state index in [9.17, 15) is 0 Å². The molecule has 1 saturated heterocycles. The van der Waals surface area contributed by atoms with Crippen LogP contribution in [-0.4, -0.2) is 34.1 Å². The SMILES string of the molecule is Cc1cccc2c1nc(COc1ccc(Cl)cc1)n2CCCC1CCN(CCCCc2ccccc2)CC1. The summed E-state index contributed by atoms with van der Waals surface area (Å²) in [4.78, 5) is 7.66. The molecule has 0 spiro atoms. The van der Waals surface area contributed by atoms with E-state index in [4.69, 9.17) is 21.3 Å².